The largest absolute Gasteiger partial charge is 0.460 e. The van der Waals surface area contributed by atoms with Crippen LogP contribution in [-0.2, 0) is 6.54 Å². The highest BCUT2D eigenvalue weighted by atomic mass is 79.9. The zero-order valence-corrected chi connectivity index (χ0v) is 11.3. The molecule has 0 unspecified atom stereocenters. The Kier molecular flexibility index (Phi) is 3.22. The van der Waals surface area contributed by atoms with Crippen LogP contribution in [0.25, 0.3) is 11.3 Å². The summed E-state index contributed by atoms with van der Waals surface area (Å²) < 4.78 is 20.0. The SMILES string of the molecule is Fc1c(Br)cccc1-c1ccc(CNC2CC2)o1. The topological polar surface area (TPSA) is 25.2 Å². The maximum Gasteiger partial charge on any atom is 0.148 e. The summed E-state index contributed by atoms with van der Waals surface area (Å²) in [6.07, 6.45) is 2.49. The number of hydrogen-bond donors (Lipinski definition) is 1. The first-order valence-corrected chi connectivity index (χ1v) is 6.80. The van der Waals surface area contributed by atoms with E-state index in [2.05, 4.69) is 21.2 Å². The van der Waals surface area contributed by atoms with Crippen LogP contribution in [0.3, 0.4) is 0 Å². The molecule has 0 radical (unpaired) electrons. The first-order chi connectivity index (χ1) is 8.74. The standard InChI is InChI=1S/C14H13BrFNO/c15-12-3-1-2-11(14(12)16)13-7-6-10(18-13)8-17-9-4-5-9/h1-3,6-7,9,17H,4-5,8H2. The molecule has 0 saturated heterocycles. The van der Waals surface area contributed by atoms with Crippen molar-refractivity contribution < 1.29 is 8.81 Å². The first-order valence-electron chi connectivity index (χ1n) is 6.00. The molecule has 0 aliphatic heterocycles. The van der Waals surface area contributed by atoms with Crippen LogP contribution in [0.1, 0.15) is 18.6 Å². The van der Waals surface area contributed by atoms with Crippen molar-refractivity contribution in [2.24, 2.45) is 0 Å². The number of rotatable bonds is 4. The van der Waals surface area contributed by atoms with E-state index in [0.717, 1.165) is 5.76 Å². The van der Waals surface area contributed by atoms with Gasteiger partial charge in [-0.3, -0.25) is 0 Å². The summed E-state index contributed by atoms with van der Waals surface area (Å²) >= 11 is 3.18. The molecule has 1 aromatic carbocycles. The van der Waals surface area contributed by atoms with Crippen molar-refractivity contribution in [3.63, 3.8) is 0 Å². The van der Waals surface area contributed by atoms with E-state index < -0.39 is 0 Å². The van der Waals surface area contributed by atoms with Crippen molar-refractivity contribution in [2.75, 3.05) is 0 Å². The minimum Gasteiger partial charge on any atom is -0.460 e. The normalized spacial score (nSPS) is 15.0. The Morgan fingerprint density at radius 3 is 2.89 bits per heavy atom. The molecule has 0 atom stereocenters. The van der Waals surface area contributed by atoms with Gasteiger partial charge in [-0.05, 0) is 53.0 Å². The second kappa shape index (κ2) is 4.86. The molecule has 1 aliphatic rings. The molecule has 0 amide bonds. The van der Waals surface area contributed by atoms with Gasteiger partial charge in [-0.1, -0.05) is 6.07 Å². The van der Waals surface area contributed by atoms with Crippen LogP contribution < -0.4 is 5.32 Å². The van der Waals surface area contributed by atoms with Gasteiger partial charge >= 0.3 is 0 Å². The number of nitrogens with one attached hydrogen (secondary N) is 1. The Morgan fingerprint density at radius 2 is 2.11 bits per heavy atom. The van der Waals surface area contributed by atoms with Gasteiger partial charge in [-0.2, -0.15) is 0 Å². The Hall–Kier alpha value is -1.13. The maximum absolute atomic E-state index is 13.9. The van der Waals surface area contributed by atoms with Crippen LogP contribution in [0.15, 0.2) is 39.2 Å². The van der Waals surface area contributed by atoms with Crippen molar-refractivity contribution >= 4 is 15.9 Å². The van der Waals surface area contributed by atoms with E-state index in [9.17, 15) is 4.39 Å². The van der Waals surface area contributed by atoms with Gasteiger partial charge in [-0.15, -0.1) is 0 Å². The van der Waals surface area contributed by atoms with Gasteiger partial charge in [0, 0.05) is 6.04 Å². The smallest absolute Gasteiger partial charge is 0.148 e. The highest BCUT2D eigenvalue weighted by Crippen LogP contribution is 2.29. The molecule has 1 N–H and O–H groups in total. The molecule has 3 rings (SSSR count). The van der Waals surface area contributed by atoms with E-state index in [-0.39, 0.29) is 5.82 Å². The van der Waals surface area contributed by atoms with Gasteiger partial charge in [0.2, 0.25) is 0 Å². The lowest BCUT2D eigenvalue weighted by molar-refractivity contribution is 0.489. The molecule has 94 valence electrons. The van der Waals surface area contributed by atoms with Gasteiger partial charge in [0.15, 0.2) is 0 Å². The molecule has 0 bridgehead atoms. The minimum absolute atomic E-state index is 0.284. The number of benzene rings is 1. The van der Waals surface area contributed by atoms with Crippen molar-refractivity contribution in [1.29, 1.82) is 0 Å². The number of furan rings is 1. The Morgan fingerprint density at radius 1 is 1.28 bits per heavy atom. The van der Waals surface area contributed by atoms with Gasteiger partial charge < -0.3 is 9.73 Å². The second-order valence-corrected chi connectivity index (χ2v) is 5.38. The minimum atomic E-state index is -0.284. The lowest BCUT2D eigenvalue weighted by Gasteiger charge is -2.02. The molecule has 1 saturated carbocycles. The van der Waals surface area contributed by atoms with Crippen molar-refractivity contribution in [1.82, 2.24) is 5.32 Å². The lowest BCUT2D eigenvalue weighted by atomic mass is 10.1. The van der Waals surface area contributed by atoms with Crippen LogP contribution in [0.2, 0.25) is 0 Å². The van der Waals surface area contributed by atoms with Crippen molar-refractivity contribution in [2.45, 2.75) is 25.4 Å². The van der Waals surface area contributed by atoms with E-state index in [4.69, 9.17) is 4.42 Å². The fraction of sp³-hybridized carbons (Fsp3) is 0.286. The van der Waals surface area contributed by atoms with Crippen LogP contribution in [0.4, 0.5) is 4.39 Å². The molecule has 4 heteroatoms. The number of halogens is 2. The molecule has 1 aliphatic carbocycles. The van der Waals surface area contributed by atoms with Gasteiger partial charge in [0.1, 0.15) is 17.3 Å². The molecule has 2 aromatic rings. The molecule has 1 fully saturated rings. The average Bonchev–Trinajstić information content (AvgIpc) is 3.08. The monoisotopic (exact) mass is 309 g/mol. The Balaban J connectivity index is 1.80. The summed E-state index contributed by atoms with van der Waals surface area (Å²) in [6.45, 7) is 0.709. The van der Waals surface area contributed by atoms with Gasteiger partial charge in [-0.25, -0.2) is 4.39 Å². The number of hydrogen-bond acceptors (Lipinski definition) is 2. The summed E-state index contributed by atoms with van der Waals surface area (Å²) in [5.74, 6) is 1.13. The molecule has 1 heterocycles. The van der Waals surface area contributed by atoms with Crippen molar-refractivity contribution in [3.05, 3.63) is 46.4 Å². The predicted octanol–water partition coefficient (Wildman–Crippen LogP) is 4.10. The molecule has 1 aromatic heterocycles. The van der Waals surface area contributed by atoms with E-state index in [1.54, 1.807) is 18.2 Å². The summed E-state index contributed by atoms with van der Waals surface area (Å²) in [6, 6.07) is 9.54. The van der Waals surface area contributed by atoms with Gasteiger partial charge in [0.25, 0.3) is 0 Å². The molecule has 2 nitrogen and oxygen atoms in total. The van der Waals surface area contributed by atoms with Crippen LogP contribution >= 0.6 is 15.9 Å². The van der Waals surface area contributed by atoms with E-state index in [1.807, 2.05) is 12.1 Å². The maximum atomic E-state index is 13.9. The quantitative estimate of drug-likeness (QED) is 0.920. The highest BCUT2D eigenvalue weighted by molar-refractivity contribution is 9.10. The lowest BCUT2D eigenvalue weighted by Crippen LogP contribution is -2.14. The molecule has 0 spiro atoms. The predicted molar refractivity (Wildman–Crippen MR) is 71.7 cm³/mol. The van der Waals surface area contributed by atoms with Crippen molar-refractivity contribution in [3.8, 4) is 11.3 Å². The molecular weight excluding hydrogens is 297 g/mol. The molecular formula is C14H13BrFNO. The van der Waals surface area contributed by atoms with Gasteiger partial charge in [0.05, 0.1) is 16.6 Å². The fourth-order valence-electron chi connectivity index (χ4n) is 1.84. The first kappa shape index (κ1) is 11.9. The summed E-state index contributed by atoms with van der Waals surface area (Å²) in [4.78, 5) is 0. The summed E-state index contributed by atoms with van der Waals surface area (Å²) in [5, 5.41) is 3.37. The van der Waals surface area contributed by atoms with Crippen LogP contribution in [0.5, 0.6) is 0 Å². The van der Waals surface area contributed by atoms with E-state index in [1.165, 1.54) is 12.8 Å². The zero-order valence-electron chi connectivity index (χ0n) is 9.75. The Bertz CT molecular complexity index is 563. The van der Waals surface area contributed by atoms with E-state index in [0.29, 0.717) is 28.4 Å². The fourth-order valence-corrected chi connectivity index (χ4v) is 2.21. The highest BCUT2D eigenvalue weighted by Gasteiger charge is 2.20. The van der Waals surface area contributed by atoms with Crippen LogP contribution in [0, 0.1) is 5.82 Å². The third kappa shape index (κ3) is 2.49. The molecule has 18 heavy (non-hydrogen) atoms. The summed E-state index contributed by atoms with van der Waals surface area (Å²) in [5.41, 5.74) is 0.488. The third-order valence-corrected chi connectivity index (χ3v) is 3.63. The van der Waals surface area contributed by atoms with E-state index >= 15 is 0 Å². The third-order valence-electron chi connectivity index (χ3n) is 3.02. The zero-order chi connectivity index (χ0) is 12.5. The van der Waals surface area contributed by atoms with Crippen LogP contribution in [-0.4, -0.2) is 6.04 Å². The summed E-state index contributed by atoms with van der Waals surface area (Å²) in [7, 11) is 0. The second-order valence-electron chi connectivity index (χ2n) is 4.52. The Labute approximate surface area is 113 Å². The average molecular weight is 310 g/mol.